The molecule has 0 aliphatic carbocycles. The lowest BCUT2D eigenvalue weighted by Gasteiger charge is -2.11. The first kappa shape index (κ1) is 20.8. The van der Waals surface area contributed by atoms with Gasteiger partial charge in [-0.2, -0.15) is 0 Å². The van der Waals surface area contributed by atoms with E-state index in [-0.39, 0.29) is 23.0 Å². The van der Waals surface area contributed by atoms with Crippen molar-refractivity contribution < 1.29 is 18.9 Å². The summed E-state index contributed by atoms with van der Waals surface area (Å²) in [6.45, 7) is 0. The highest BCUT2D eigenvalue weighted by atomic mass is 32.2. The number of amides is 1. The van der Waals surface area contributed by atoms with Crippen LogP contribution in [-0.4, -0.2) is 26.9 Å². The van der Waals surface area contributed by atoms with Crippen LogP contribution >= 0.6 is 11.8 Å². The molecule has 0 saturated carbocycles. The van der Waals surface area contributed by atoms with Gasteiger partial charge in [0, 0.05) is 26.3 Å². The van der Waals surface area contributed by atoms with Gasteiger partial charge in [-0.15, -0.1) is 0 Å². The van der Waals surface area contributed by atoms with Crippen molar-refractivity contribution in [2.45, 2.75) is 15.5 Å². The van der Waals surface area contributed by atoms with Crippen molar-refractivity contribution in [2.24, 2.45) is 0 Å². The van der Waals surface area contributed by atoms with E-state index in [1.54, 1.807) is 23.9 Å². The van der Waals surface area contributed by atoms with Crippen LogP contribution in [0.25, 0.3) is 0 Å². The summed E-state index contributed by atoms with van der Waals surface area (Å²) in [5.41, 5.74) is 1.57. The molecule has 0 bridgehead atoms. The number of benzene rings is 3. The standard InChI is InChI=1S/C22H19NO4S2/c24-21(15-29(27)14-16-10-12-17(13-11-16)22(25)26)23-19-8-4-5-9-20(19)28-18-6-2-1-3-7-18/h1-13H,14-15H2,(H,23,24)(H,25,26). The number of carbonyl (C=O) groups excluding carboxylic acids is 1. The lowest BCUT2D eigenvalue weighted by atomic mass is 10.1. The van der Waals surface area contributed by atoms with E-state index in [4.69, 9.17) is 5.11 Å². The molecule has 5 nitrogen and oxygen atoms in total. The van der Waals surface area contributed by atoms with Gasteiger partial charge < -0.3 is 10.4 Å². The molecule has 0 heterocycles. The average molecular weight is 426 g/mol. The molecule has 0 fully saturated rings. The van der Waals surface area contributed by atoms with Gasteiger partial charge in [0.2, 0.25) is 5.91 Å². The Morgan fingerprint density at radius 3 is 2.24 bits per heavy atom. The van der Waals surface area contributed by atoms with Crippen molar-refractivity contribution >= 4 is 40.1 Å². The number of rotatable bonds is 8. The number of hydrogen-bond acceptors (Lipinski definition) is 4. The molecule has 0 aromatic heterocycles. The third kappa shape index (κ3) is 6.30. The molecule has 1 atom stereocenters. The number of carboxylic acid groups (broad SMARTS) is 1. The van der Waals surface area contributed by atoms with Crippen LogP contribution in [0.5, 0.6) is 0 Å². The van der Waals surface area contributed by atoms with Crippen molar-refractivity contribution in [1.82, 2.24) is 0 Å². The molecular weight excluding hydrogens is 406 g/mol. The normalized spacial score (nSPS) is 11.6. The maximum Gasteiger partial charge on any atom is 0.335 e. The van der Waals surface area contributed by atoms with Gasteiger partial charge in [0.15, 0.2) is 0 Å². The van der Waals surface area contributed by atoms with Crippen LogP contribution < -0.4 is 5.32 Å². The number of anilines is 1. The second-order valence-electron chi connectivity index (χ2n) is 6.19. The second-order valence-corrected chi connectivity index (χ2v) is 8.76. The maximum atomic E-state index is 12.4. The van der Waals surface area contributed by atoms with E-state index in [2.05, 4.69) is 5.32 Å². The number of carboxylic acids is 1. The predicted molar refractivity (Wildman–Crippen MR) is 116 cm³/mol. The lowest BCUT2D eigenvalue weighted by molar-refractivity contribution is -0.113. The SMILES string of the molecule is O=C(CS(=O)Cc1ccc(C(=O)O)cc1)Nc1ccccc1Sc1ccccc1. The van der Waals surface area contributed by atoms with Gasteiger partial charge in [0.05, 0.1) is 11.3 Å². The third-order valence-electron chi connectivity index (χ3n) is 3.95. The van der Waals surface area contributed by atoms with Crippen molar-refractivity contribution in [3.8, 4) is 0 Å². The minimum atomic E-state index is -1.40. The van der Waals surface area contributed by atoms with E-state index in [9.17, 15) is 13.8 Å². The number of para-hydroxylation sites is 1. The van der Waals surface area contributed by atoms with Crippen LogP contribution in [0.15, 0.2) is 88.7 Å². The molecule has 0 aliphatic rings. The third-order valence-corrected chi connectivity index (χ3v) is 6.28. The maximum absolute atomic E-state index is 12.4. The summed E-state index contributed by atoms with van der Waals surface area (Å²) < 4.78 is 12.3. The first-order valence-corrected chi connectivity index (χ1v) is 11.1. The molecule has 3 aromatic rings. The van der Waals surface area contributed by atoms with E-state index in [1.165, 1.54) is 12.1 Å². The summed E-state index contributed by atoms with van der Waals surface area (Å²) in [5.74, 6) is -1.28. The molecule has 0 saturated heterocycles. The molecule has 7 heteroatoms. The predicted octanol–water partition coefficient (Wildman–Crippen LogP) is 4.42. The Bertz CT molecular complexity index is 1020. The summed E-state index contributed by atoms with van der Waals surface area (Å²) in [7, 11) is -1.40. The van der Waals surface area contributed by atoms with E-state index in [0.29, 0.717) is 5.69 Å². The van der Waals surface area contributed by atoms with Crippen molar-refractivity contribution in [3.63, 3.8) is 0 Å². The minimum absolute atomic E-state index is 0.134. The number of nitrogens with one attached hydrogen (secondary N) is 1. The van der Waals surface area contributed by atoms with Crippen molar-refractivity contribution in [1.29, 1.82) is 0 Å². The highest BCUT2D eigenvalue weighted by Gasteiger charge is 2.12. The Labute approximate surface area is 175 Å². The van der Waals surface area contributed by atoms with Gasteiger partial charge in [-0.3, -0.25) is 9.00 Å². The van der Waals surface area contributed by atoms with Crippen LogP contribution in [-0.2, 0) is 21.3 Å². The smallest absolute Gasteiger partial charge is 0.335 e. The van der Waals surface area contributed by atoms with Crippen LogP contribution in [0.2, 0.25) is 0 Å². The van der Waals surface area contributed by atoms with Gasteiger partial charge in [0.1, 0.15) is 5.75 Å². The van der Waals surface area contributed by atoms with E-state index >= 15 is 0 Å². The molecule has 0 aliphatic heterocycles. The zero-order valence-corrected chi connectivity index (χ0v) is 17.0. The van der Waals surface area contributed by atoms with Crippen LogP contribution in [0.1, 0.15) is 15.9 Å². The Morgan fingerprint density at radius 2 is 1.55 bits per heavy atom. The zero-order valence-electron chi connectivity index (χ0n) is 15.4. The monoisotopic (exact) mass is 425 g/mol. The summed E-state index contributed by atoms with van der Waals surface area (Å²) in [5, 5.41) is 11.8. The van der Waals surface area contributed by atoms with Crippen molar-refractivity contribution in [3.05, 3.63) is 90.0 Å². The van der Waals surface area contributed by atoms with E-state index in [1.807, 2.05) is 54.6 Å². The summed E-state index contributed by atoms with van der Waals surface area (Å²) in [6, 6.07) is 23.5. The molecule has 0 spiro atoms. The Morgan fingerprint density at radius 1 is 0.897 bits per heavy atom. The molecule has 1 amide bonds. The minimum Gasteiger partial charge on any atom is -0.478 e. The van der Waals surface area contributed by atoms with Gasteiger partial charge >= 0.3 is 5.97 Å². The Hall–Kier alpha value is -2.90. The van der Waals surface area contributed by atoms with Gasteiger partial charge in [0.25, 0.3) is 0 Å². The molecular formula is C22H19NO4S2. The van der Waals surface area contributed by atoms with Gasteiger partial charge in [-0.05, 0) is 42.0 Å². The molecule has 2 N–H and O–H groups in total. The summed E-state index contributed by atoms with van der Waals surface area (Å²) in [6.07, 6.45) is 0. The van der Waals surface area contributed by atoms with Crippen LogP contribution in [0, 0.1) is 0 Å². The molecule has 1 unspecified atom stereocenters. The number of hydrogen-bond donors (Lipinski definition) is 2. The number of carbonyl (C=O) groups is 2. The van der Waals surface area contributed by atoms with Crippen molar-refractivity contribution in [2.75, 3.05) is 11.1 Å². The zero-order chi connectivity index (χ0) is 20.6. The lowest BCUT2D eigenvalue weighted by Crippen LogP contribution is -2.20. The highest BCUT2D eigenvalue weighted by molar-refractivity contribution is 7.99. The fourth-order valence-corrected chi connectivity index (χ4v) is 4.54. The average Bonchev–Trinajstić information content (AvgIpc) is 2.70. The summed E-state index contributed by atoms with van der Waals surface area (Å²) >= 11 is 1.54. The second kappa shape index (κ2) is 10.0. The highest BCUT2D eigenvalue weighted by Crippen LogP contribution is 2.33. The largest absolute Gasteiger partial charge is 0.478 e. The molecule has 3 aromatic carbocycles. The molecule has 148 valence electrons. The first-order valence-electron chi connectivity index (χ1n) is 8.80. The molecule has 0 radical (unpaired) electrons. The Balaban J connectivity index is 1.59. The molecule has 3 rings (SSSR count). The van der Waals surface area contributed by atoms with E-state index in [0.717, 1.165) is 15.4 Å². The fourth-order valence-electron chi connectivity index (χ4n) is 2.59. The summed E-state index contributed by atoms with van der Waals surface area (Å²) in [4.78, 5) is 25.2. The topological polar surface area (TPSA) is 83.5 Å². The number of aromatic carboxylic acids is 1. The van der Waals surface area contributed by atoms with Gasteiger partial charge in [-0.25, -0.2) is 4.79 Å². The first-order chi connectivity index (χ1) is 14.0. The fraction of sp³-hybridized carbons (Fsp3) is 0.0909. The van der Waals surface area contributed by atoms with Crippen LogP contribution in [0.3, 0.4) is 0 Å². The molecule has 29 heavy (non-hydrogen) atoms. The van der Waals surface area contributed by atoms with Gasteiger partial charge in [-0.1, -0.05) is 54.2 Å². The quantitative estimate of drug-likeness (QED) is 0.558. The Kier molecular flexibility index (Phi) is 7.21. The van der Waals surface area contributed by atoms with Crippen LogP contribution in [0.4, 0.5) is 5.69 Å². The van der Waals surface area contributed by atoms with E-state index < -0.39 is 16.8 Å².